The summed E-state index contributed by atoms with van der Waals surface area (Å²) in [6.45, 7) is 0. The maximum Gasteiger partial charge on any atom is 0.272 e. The Hall–Kier alpha value is -2.34. The first-order valence-corrected chi connectivity index (χ1v) is 5.92. The quantitative estimate of drug-likeness (QED) is 0.690. The van der Waals surface area contributed by atoms with E-state index in [1.165, 1.54) is 24.3 Å². The molecule has 4 nitrogen and oxygen atoms in total. The van der Waals surface area contributed by atoms with E-state index in [1.807, 2.05) is 0 Å². The third-order valence-electron chi connectivity index (χ3n) is 3.01. The molecular weight excluding hydrogens is 266 g/mol. The van der Waals surface area contributed by atoms with E-state index in [1.54, 1.807) is 12.1 Å². The smallest absolute Gasteiger partial charge is 0.272 e. The Morgan fingerprint density at radius 3 is 2.55 bits per heavy atom. The minimum atomic E-state index is -1.02. The van der Waals surface area contributed by atoms with Gasteiger partial charge < -0.3 is 5.73 Å². The van der Waals surface area contributed by atoms with Crippen molar-refractivity contribution >= 4 is 5.69 Å². The summed E-state index contributed by atoms with van der Waals surface area (Å²) < 4.78 is 26.8. The third kappa shape index (κ3) is 2.80. The lowest BCUT2D eigenvalue weighted by Gasteiger charge is -2.13. The number of nitrogens with zero attached hydrogens (tertiary/aromatic N) is 1. The predicted octanol–water partition coefficient (Wildman–Crippen LogP) is 3.12. The molecule has 104 valence electrons. The van der Waals surface area contributed by atoms with Gasteiger partial charge in [-0.3, -0.25) is 10.1 Å². The van der Waals surface area contributed by atoms with Gasteiger partial charge in [0.25, 0.3) is 5.69 Å². The average Bonchev–Trinajstić information content (AvgIpc) is 2.42. The van der Waals surface area contributed by atoms with E-state index in [-0.39, 0.29) is 17.7 Å². The van der Waals surface area contributed by atoms with Crippen molar-refractivity contribution in [2.24, 2.45) is 5.73 Å². The summed E-state index contributed by atoms with van der Waals surface area (Å²) >= 11 is 0. The second kappa shape index (κ2) is 5.75. The minimum absolute atomic E-state index is 0.00292. The monoisotopic (exact) mass is 278 g/mol. The Balaban J connectivity index is 2.30. The Kier molecular flexibility index (Phi) is 4.05. The molecule has 0 amide bonds. The Bertz CT molecular complexity index is 647. The van der Waals surface area contributed by atoms with Gasteiger partial charge in [0, 0.05) is 23.2 Å². The topological polar surface area (TPSA) is 69.2 Å². The van der Waals surface area contributed by atoms with Crippen LogP contribution in [0.15, 0.2) is 42.5 Å². The van der Waals surface area contributed by atoms with Crippen molar-refractivity contribution in [1.29, 1.82) is 0 Å². The molecule has 6 heteroatoms. The maximum absolute atomic E-state index is 13.6. The van der Waals surface area contributed by atoms with Crippen molar-refractivity contribution in [3.05, 3.63) is 75.3 Å². The van der Waals surface area contributed by atoms with Crippen molar-refractivity contribution in [2.45, 2.75) is 12.5 Å². The van der Waals surface area contributed by atoms with Crippen LogP contribution < -0.4 is 5.73 Å². The second-order valence-corrected chi connectivity index (χ2v) is 4.34. The van der Waals surface area contributed by atoms with Gasteiger partial charge in [-0.15, -0.1) is 0 Å². The molecule has 2 aromatic carbocycles. The van der Waals surface area contributed by atoms with Crippen LogP contribution in [0.4, 0.5) is 14.5 Å². The highest BCUT2D eigenvalue weighted by atomic mass is 19.2. The summed E-state index contributed by atoms with van der Waals surface area (Å²) in [5.41, 5.74) is 6.14. The molecule has 0 bridgehead atoms. The number of hydrogen-bond acceptors (Lipinski definition) is 3. The van der Waals surface area contributed by atoms with Crippen molar-refractivity contribution in [3.8, 4) is 0 Å². The molecule has 20 heavy (non-hydrogen) atoms. The molecule has 0 aliphatic heterocycles. The second-order valence-electron chi connectivity index (χ2n) is 4.34. The fraction of sp³-hybridized carbons (Fsp3) is 0.143. The van der Waals surface area contributed by atoms with Crippen molar-refractivity contribution in [2.75, 3.05) is 0 Å². The molecule has 1 atom stereocenters. The lowest BCUT2D eigenvalue weighted by molar-refractivity contribution is -0.385. The Morgan fingerprint density at radius 1 is 1.15 bits per heavy atom. The van der Waals surface area contributed by atoms with Crippen LogP contribution in [0.5, 0.6) is 0 Å². The highest BCUT2D eigenvalue weighted by Crippen LogP contribution is 2.25. The number of hydrogen-bond donors (Lipinski definition) is 1. The molecule has 0 fully saturated rings. The largest absolute Gasteiger partial charge is 0.324 e. The van der Waals surface area contributed by atoms with E-state index in [2.05, 4.69) is 0 Å². The molecule has 0 saturated heterocycles. The van der Waals surface area contributed by atoms with Gasteiger partial charge >= 0.3 is 0 Å². The number of halogens is 2. The summed E-state index contributed by atoms with van der Waals surface area (Å²) in [5, 5.41) is 10.9. The summed E-state index contributed by atoms with van der Waals surface area (Å²) in [5.74, 6) is -2.00. The standard InChI is InChI=1S/C14H12F2N2O2/c15-11-6-3-5-10(14(11)16)12(17)8-9-4-1-2-7-13(9)18(19)20/h1-7,12H,8,17H2. The summed E-state index contributed by atoms with van der Waals surface area (Å²) in [6.07, 6.45) is 0.0531. The molecule has 0 aliphatic carbocycles. The average molecular weight is 278 g/mol. The molecule has 2 aromatic rings. The molecule has 0 aromatic heterocycles. The van der Waals surface area contributed by atoms with Gasteiger partial charge in [0.05, 0.1) is 4.92 Å². The van der Waals surface area contributed by atoms with E-state index in [0.717, 1.165) is 6.07 Å². The number of benzene rings is 2. The molecule has 2 rings (SSSR count). The van der Waals surface area contributed by atoms with E-state index in [9.17, 15) is 18.9 Å². The third-order valence-corrected chi connectivity index (χ3v) is 3.01. The zero-order chi connectivity index (χ0) is 14.7. The van der Waals surface area contributed by atoms with Crippen LogP contribution in [0.1, 0.15) is 17.2 Å². The van der Waals surface area contributed by atoms with E-state index in [0.29, 0.717) is 5.56 Å². The fourth-order valence-corrected chi connectivity index (χ4v) is 2.02. The van der Waals surface area contributed by atoms with Crippen LogP contribution in [-0.2, 0) is 6.42 Å². The van der Waals surface area contributed by atoms with Gasteiger partial charge in [-0.25, -0.2) is 8.78 Å². The van der Waals surface area contributed by atoms with Gasteiger partial charge in [-0.1, -0.05) is 30.3 Å². The SMILES string of the molecule is NC(Cc1ccccc1[N+](=O)[O-])c1cccc(F)c1F. The van der Waals surface area contributed by atoms with Crippen LogP contribution in [0.2, 0.25) is 0 Å². The lowest BCUT2D eigenvalue weighted by atomic mass is 9.98. The van der Waals surface area contributed by atoms with Crippen LogP contribution in [0.3, 0.4) is 0 Å². The number of para-hydroxylation sites is 1. The molecule has 2 N–H and O–H groups in total. The van der Waals surface area contributed by atoms with E-state index >= 15 is 0 Å². The molecule has 0 radical (unpaired) electrons. The summed E-state index contributed by atoms with van der Waals surface area (Å²) in [6, 6.07) is 8.94. The number of nitro groups is 1. The lowest BCUT2D eigenvalue weighted by Crippen LogP contribution is -2.16. The first-order valence-electron chi connectivity index (χ1n) is 5.92. The van der Waals surface area contributed by atoms with E-state index in [4.69, 9.17) is 5.73 Å². The van der Waals surface area contributed by atoms with Crippen molar-refractivity contribution in [1.82, 2.24) is 0 Å². The van der Waals surface area contributed by atoms with Gasteiger partial charge in [0.2, 0.25) is 0 Å². The normalized spacial score (nSPS) is 12.2. The van der Waals surface area contributed by atoms with Crippen LogP contribution in [-0.4, -0.2) is 4.92 Å². The van der Waals surface area contributed by atoms with Gasteiger partial charge in [-0.05, 0) is 12.5 Å². The number of nitro benzene ring substituents is 1. The van der Waals surface area contributed by atoms with Gasteiger partial charge in [0.15, 0.2) is 11.6 Å². The van der Waals surface area contributed by atoms with Gasteiger partial charge in [0.1, 0.15) is 0 Å². The fourth-order valence-electron chi connectivity index (χ4n) is 2.02. The highest BCUT2D eigenvalue weighted by molar-refractivity contribution is 5.41. The Morgan fingerprint density at radius 2 is 1.85 bits per heavy atom. The zero-order valence-electron chi connectivity index (χ0n) is 10.4. The first kappa shape index (κ1) is 14.1. The van der Waals surface area contributed by atoms with Crippen LogP contribution in [0, 0.1) is 21.7 Å². The number of rotatable bonds is 4. The van der Waals surface area contributed by atoms with Crippen molar-refractivity contribution in [3.63, 3.8) is 0 Å². The van der Waals surface area contributed by atoms with Crippen LogP contribution in [0.25, 0.3) is 0 Å². The van der Waals surface area contributed by atoms with Crippen LogP contribution >= 0.6 is 0 Å². The molecule has 0 aliphatic rings. The van der Waals surface area contributed by atoms with E-state index < -0.39 is 22.6 Å². The number of nitrogens with two attached hydrogens (primary N) is 1. The Labute approximate surface area is 114 Å². The maximum atomic E-state index is 13.6. The minimum Gasteiger partial charge on any atom is -0.324 e. The highest BCUT2D eigenvalue weighted by Gasteiger charge is 2.19. The summed E-state index contributed by atoms with van der Waals surface area (Å²) in [4.78, 5) is 10.4. The first-order chi connectivity index (χ1) is 9.50. The molecule has 0 heterocycles. The molecule has 1 unspecified atom stereocenters. The molecule has 0 spiro atoms. The van der Waals surface area contributed by atoms with Crippen molar-refractivity contribution < 1.29 is 13.7 Å². The zero-order valence-corrected chi connectivity index (χ0v) is 10.4. The van der Waals surface area contributed by atoms with Gasteiger partial charge in [-0.2, -0.15) is 0 Å². The molecule has 0 saturated carbocycles. The predicted molar refractivity (Wildman–Crippen MR) is 70.1 cm³/mol. The molecular formula is C14H12F2N2O2. The summed E-state index contributed by atoms with van der Waals surface area (Å²) in [7, 11) is 0.